The zero-order valence-electron chi connectivity index (χ0n) is 20.3. The maximum Gasteiger partial charge on any atom is 0.277 e. The Balaban J connectivity index is 1.66. The van der Waals surface area contributed by atoms with Crippen LogP contribution in [0.25, 0.3) is 5.57 Å². The number of methoxy groups -OCH3 is 1. The highest BCUT2D eigenvalue weighted by atomic mass is 16.5. The Labute approximate surface area is 196 Å². The van der Waals surface area contributed by atoms with Gasteiger partial charge in [-0.3, -0.25) is 14.5 Å². The summed E-state index contributed by atoms with van der Waals surface area (Å²) in [7, 11) is 1.58. The van der Waals surface area contributed by atoms with Crippen molar-refractivity contribution in [3.8, 4) is 0 Å². The summed E-state index contributed by atoms with van der Waals surface area (Å²) in [6, 6.07) is 12.4. The van der Waals surface area contributed by atoms with Crippen molar-refractivity contribution in [2.45, 2.75) is 27.7 Å². The molecule has 0 atom stereocenters. The molecule has 2 aliphatic rings. The predicted octanol–water partition coefficient (Wildman–Crippen LogP) is 3.47. The van der Waals surface area contributed by atoms with Crippen molar-refractivity contribution in [3.63, 3.8) is 0 Å². The van der Waals surface area contributed by atoms with E-state index in [0.29, 0.717) is 31.0 Å². The first-order chi connectivity index (χ1) is 15.8. The Morgan fingerprint density at radius 1 is 0.848 bits per heavy atom. The molecule has 2 aromatic rings. The normalized spacial score (nSPS) is 16.9. The molecule has 0 radical (unpaired) electrons. The van der Waals surface area contributed by atoms with Gasteiger partial charge in [0.05, 0.1) is 18.7 Å². The molecule has 33 heavy (non-hydrogen) atoms. The minimum absolute atomic E-state index is 0.216. The van der Waals surface area contributed by atoms with Gasteiger partial charge in [-0.15, -0.1) is 0 Å². The van der Waals surface area contributed by atoms with Crippen LogP contribution in [0.4, 0.5) is 5.69 Å². The quantitative estimate of drug-likeness (QED) is 0.635. The molecule has 6 nitrogen and oxygen atoms in total. The maximum absolute atomic E-state index is 13.5. The standard InChI is InChI=1S/C27H33N3O3/c1-18-9-10-22(20(3)17-18)24-25(27(32)30(26(24)31)15-16-33-5)29-13-11-28(12-14-29)23-8-6-7-19(2)21(23)4/h6-10,17H,11-16H2,1-5H3. The molecule has 174 valence electrons. The van der Waals surface area contributed by atoms with Gasteiger partial charge in [0, 0.05) is 39.0 Å². The molecule has 0 aliphatic carbocycles. The zero-order valence-corrected chi connectivity index (χ0v) is 20.3. The van der Waals surface area contributed by atoms with Crippen molar-refractivity contribution >= 4 is 23.1 Å². The number of hydrogen-bond acceptors (Lipinski definition) is 5. The number of aryl methyl sites for hydroxylation is 3. The van der Waals surface area contributed by atoms with Crippen molar-refractivity contribution in [2.24, 2.45) is 0 Å². The minimum atomic E-state index is -0.226. The molecule has 0 bridgehead atoms. The third-order valence-corrected chi connectivity index (χ3v) is 6.83. The molecule has 2 aromatic carbocycles. The van der Waals surface area contributed by atoms with E-state index in [9.17, 15) is 9.59 Å². The summed E-state index contributed by atoms with van der Waals surface area (Å²) in [5, 5.41) is 0. The number of carbonyl (C=O) groups excluding carboxylic acids is 2. The van der Waals surface area contributed by atoms with E-state index in [1.54, 1.807) is 7.11 Å². The lowest BCUT2D eigenvalue weighted by molar-refractivity contribution is -0.138. The van der Waals surface area contributed by atoms with Crippen molar-refractivity contribution in [1.82, 2.24) is 9.80 Å². The Bertz CT molecular complexity index is 1110. The fraction of sp³-hybridized carbons (Fsp3) is 0.407. The highest BCUT2D eigenvalue weighted by Gasteiger charge is 2.42. The molecule has 6 heteroatoms. The van der Waals surface area contributed by atoms with Gasteiger partial charge in [-0.05, 0) is 56.0 Å². The van der Waals surface area contributed by atoms with Gasteiger partial charge in [0.25, 0.3) is 11.8 Å². The summed E-state index contributed by atoms with van der Waals surface area (Å²) in [6.45, 7) is 11.9. The van der Waals surface area contributed by atoms with E-state index in [4.69, 9.17) is 4.74 Å². The number of anilines is 1. The fourth-order valence-corrected chi connectivity index (χ4v) is 4.83. The lowest BCUT2D eigenvalue weighted by Crippen LogP contribution is -2.48. The summed E-state index contributed by atoms with van der Waals surface area (Å²) in [5.74, 6) is -0.442. The van der Waals surface area contributed by atoms with E-state index in [-0.39, 0.29) is 18.4 Å². The molecule has 0 unspecified atom stereocenters. The molecule has 0 saturated carbocycles. The first-order valence-electron chi connectivity index (χ1n) is 11.6. The second kappa shape index (κ2) is 9.40. The first-order valence-corrected chi connectivity index (χ1v) is 11.6. The number of rotatable bonds is 6. The first kappa shape index (κ1) is 23.1. The van der Waals surface area contributed by atoms with Crippen LogP contribution in [-0.4, -0.2) is 68.1 Å². The Morgan fingerprint density at radius 2 is 1.55 bits per heavy atom. The van der Waals surface area contributed by atoms with Gasteiger partial charge in [-0.1, -0.05) is 35.9 Å². The molecule has 2 heterocycles. The van der Waals surface area contributed by atoms with E-state index in [0.717, 1.165) is 29.8 Å². The molecule has 0 aromatic heterocycles. The fourth-order valence-electron chi connectivity index (χ4n) is 4.83. The van der Waals surface area contributed by atoms with Crippen LogP contribution in [0.15, 0.2) is 42.1 Å². The smallest absolute Gasteiger partial charge is 0.277 e. The number of amides is 2. The van der Waals surface area contributed by atoms with Crippen LogP contribution in [0, 0.1) is 27.7 Å². The van der Waals surface area contributed by atoms with Crippen LogP contribution < -0.4 is 4.90 Å². The number of benzene rings is 2. The topological polar surface area (TPSA) is 53.1 Å². The second-order valence-electron chi connectivity index (χ2n) is 8.99. The number of ether oxygens (including phenoxy) is 1. The van der Waals surface area contributed by atoms with Crippen molar-refractivity contribution in [2.75, 3.05) is 51.3 Å². The lowest BCUT2D eigenvalue weighted by Gasteiger charge is -2.38. The molecule has 2 aliphatic heterocycles. The number of carbonyl (C=O) groups is 2. The number of hydrogen-bond donors (Lipinski definition) is 0. The van der Waals surface area contributed by atoms with Crippen LogP contribution in [0.1, 0.15) is 27.8 Å². The second-order valence-corrected chi connectivity index (χ2v) is 8.99. The maximum atomic E-state index is 13.5. The molecule has 1 fully saturated rings. The third-order valence-electron chi connectivity index (χ3n) is 6.83. The average molecular weight is 448 g/mol. The van der Waals surface area contributed by atoms with Crippen molar-refractivity contribution in [1.29, 1.82) is 0 Å². The Hall–Kier alpha value is -3.12. The van der Waals surface area contributed by atoms with Gasteiger partial charge in [0.1, 0.15) is 5.70 Å². The molecular weight excluding hydrogens is 414 g/mol. The van der Waals surface area contributed by atoms with E-state index in [1.807, 2.05) is 26.0 Å². The monoisotopic (exact) mass is 447 g/mol. The number of piperazine rings is 1. The van der Waals surface area contributed by atoms with Crippen LogP contribution in [0.5, 0.6) is 0 Å². The van der Waals surface area contributed by atoms with Gasteiger partial charge < -0.3 is 14.5 Å². The van der Waals surface area contributed by atoms with Gasteiger partial charge in [-0.2, -0.15) is 0 Å². The Morgan fingerprint density at radius 3 is 2.21 bits per heavy atom. The highest BCUT2D eigenvalue weighted by molar-refractivity contribution is 6.35. The molecule has 1 saturated heterocycles. The van der Waals surface area contributed by atoms with Crippen LogP contribution in [-0.2, 0) is 14.3 Å². The van der Waals surface area contributed by atoms with Gasteiger partial charge in [0.2, 0.25) is 0 Å². The van der Waals surface area contributed by atoms with Crippen molar-refractivity contribution in [3.05, 3.63) is 69.9 Å². The van der Waals surface area contributed by atoms with Crippen LogP contribution in [0.3, 0.4) is 0 Å². The van der Waals surface area contributed by atoms with Crippen LogP contribution >= 0.6 is 0 Å². The summed E-state index contributed by atoms with van der Waals surface area (Å²) >= 11 is 0. The molecule has 0 N–H and O–H groups in total. The van der Waals surface area contributed by atoms with E-state index < -0.39 is 0 Å². The third kappa shape index (κ3) is 4.27. The molecule has 0 spiro atoms. The van der Waals surface area contributed by atoms with Gasteiger partial charge in [0.15, 0.2) is 0 Å². The molecule has 4 rings (SSSR count). The summed E-state index contributed by atoms with van der Waals surface area (Å²) in [5.41, 5.74) is 7.84. The lowest BCUT2D eigenvalue weighted by atomic mass is 9.97. The average Bonchev–Trinajstić information content (AvgIpc) is 3.04. The Kier molecular flexibility index (Phi) is 6.56. The number of nitrogens with zero attached hydrogens (tertiary/aromatic N) is 3. The molecular formula is C27H33N3O3. The number of imide groups is 1. The van der Waals surface area contributed by atoms with E-state index in [1.165, 1.54) is 21.7 Å². The van der Waals surface area contributed by atoms with E-state index in [2.05, 4.69) is 47.9 Å². The van der Waals surface area contributed by atoms with E-state index >= 15 is 0 Å². The molecule has 2 amide bonds. The predicted molar refractivity (Wildman–Crippen MR) is 131 cm³/mol. The summed E-state index contributed by atoms with van der Waals surface area (Å²) < 4.78 is 5.16. The zero-order chi connectivity index (χ0) is 23.7. The summed E-state index contributed by atoms with van der Waals surface area (Å²) in [4.78, 5) is 32.7. The highest BCUT2D eigenvalue weighted by Crippen LogP contribution is 2.34. The SMILES string of the molecule is COCCN1C(=O)C(c2ccc(C)cc2C)=C(N2CCN(c3cccc(C)c3C)CC2)C1=O. The van der Waals surface area contributed by atoms with Gasteiger partial charge >= 0.3 is 0 Å². The largest absolute Gasteiger partial charge is 0.383 e. The van der Waals surface area contributed by atoms with Gasteiger partial charge in [-0.25, -0.2) is 0 Å². The summed E-state index contributed by atoms with van der Waals surface area (Å²) in [6.07, 6.45) is 0. The minimum Gasteiger partial charge on any atom is -0.383 e. The van der Waals surface area contributed by atoms with Crippen molar-refractivity contribution < 1.29 is 14.3 Å². The van der Waals surface area contributed by atoms with Crippen LogP contribution in [0.2, 0.25) is 0 Å².